The molecule has 0 aromatic carbocycles. The molecule has 2 fully saturated rings. The molecular weight excluding hydrogens is 276 g/mol. The first-order chi connectivity index (χ1) is 9.93. The van der Waals surface area contributed by atoms with Crippen molar-refractivity contribution in [1.29, 1.82) is 0 Å². The summed E-state index contributed by atoms with van der Waals surface area (Å²) in [6.45, 7) is 3.67. The van der Waals surface area contributed by atoms with E-state index in [4.69, 9.17) is 9.47 Å². The highest BCUT2D eigenvalue weighted by atomic mass is 16.5. The van der Waals surface area contributed by atoms with Gasteiger partial charge in [-0.3, -0.25) is 4.79 Å². The van der Waals surface area contributed by atoms with Crippen LogP contribution in [0.4, 0.5) is 4.79 Å². The number of hydrogen-bond acceptors (Lipinski definition) is 4. The van der Waals surface area contributed by atoms with E-state index in [0.29, 0.717) is 19.1 Å². The molecule has 21 heavy (non-hydrogen) atoms. The number of carboxylic acids is 1. The molecule has 1 saturated carbocycles. The fourth-order valence-electron chi connectivity index (χ4n) is 2.18. The fourth-order valence-corrected chi connectivity index (χ4v) is 2.18. The molecule has 120 valence electrons. The Bertz CT molecular complexity index is 399. The number of hydrogen-bond donors (Lipinski definition) is 2. The minimum Gasteiger partial charge on any atom is -0.481 e. The standard InChI is InChI=1S/C14H24N2O5/c1-14(12(17)18)9-21-8-11(14)15-13(19)16(2)5-6-20-7-10-3-4-10/h10-11H,3-9H2,1-2H3,(H,15,19)(H,17,18). The van der Waals surface area contributed by atoms with E-state index in [9.17, 15) is 14.7 Å². The summed E-state index contributed by atoms with van der Waals surface area (Å²) in [5, 5.41) is 12.0. The number of urea groups is 1. The summed E-state index contributed by atoms with van der Waals surface area (Å²) in [4.78, 5) is 24.9. The average Bonchev–Trinajstić information content (AvgIpc) is 3.19. The van der Waals surface area contributed by atoms with Crippen molar-refractivity contribution in [2.45, 2.75) is 25.8 Å². The topological polar surface area (TPSA) is 88.1 Å². The predicted octanol–water partition coefficient (Wildman–Crippen LogP) is 0.544. The highest BCUT2D eigenvalue weighted by molar-refractivity contribution is 5.79. The van der Waals surface area contributed by atoms with Crippen LogP contribution in [0.5, 0.6) is 0 Å². The third-order valence-electron chi connectivity index (χ3n) is 4.21. The van der Waals surface area contributed by atoms with Gasteiger partial charge in [-0.15, -0.1) is 0 Å². The van der Waals surface area contributed by atoms with Gasteiger partial charge in [-0.05, 0) is 25.7 Å². The highest BCUT2D eigenvalue weighted by Crippen LogP contribution is 2.29. The van der Waals surface area contributed by atoms with Gasteiger partial charge >= 0.3 is 12.0 Å². The van der Waals surface area contributed by atoms with Gasteiger partial charge in [0.1, 0.15) is 5.41 Å². The Morgan fingerprint density at radius 3 is 2.81 bits per heavy atom. The first-order valence-electron chi connectivity index (χ1n) is 7.34. The summed E-state index contributed by atoms with van der Waals surface area (Å²) in [5.74, 6) is -0.253. The Morgan fingerprint density at radius 2 is 2.19 bits per heavy atom. The molecule has 2 aliphatic rings. The van der Waals surface area contributed by atoms with Gasteiger partial charge in [0.2, 0.25) is 0 Å². The van der Waals surface area contributed by atoms with Crippen molar-refractivity contribution in [2.24, 2.45) is 11.3 Å². The number of amides is 2. The second kappa shape index (κ2) is 6.62. The number of ether oxygens (including phenoxy) is 2. The van der Waals surface area contributed by atoms with Crippen molar-refractivity contribution >= 4 is 12.0 Å². The lowest BCUT2D eigenvalue weighted by molar-refractivity contribution is -0.148. The van der Waals surface area contributed by atoms with Crippen LogP contribution in [-0.4, -0.2) is 68.1 Å². The van der Waals surface area contributed by atoms with Crippen molar-refractivity contribution in [3.8, 4) is 0 Å². The minimum atomic E-state index is -1.07. The largest absolute Gasteiger partial charge is 0.481 e. The summed E-state index contributed by atoms with van der Waals surface area (Å²) in [7, 11) is 1.67. The molecule has 2 atom stereocenters. The molecule has 0 aromatic rings. The van der Waals surface area contributed by atoms with Crippen molar-refractivity contribution in [3.63, 3.8) is 0 Å². The third kappa shape index (κ3) is 4.07. The lowest BCUT2D eigenvalue weighted by Crippen LogP contribution is -2.53. The molecular formula is C14H24N2O5. The SMILES string of the molecule is CN(CCOCC1CC1)C(=O)NC1COCC1(C)C(=O)O. The molecule has 2 N–H and O–H groups in total. The Balaban J connectivity index is 1.72. The maximum Gasteiger partial charge on any atom is 0.317 e. The molecule has 1 saturated heterocycles. The van der Waals surface area contributed by atoms with Gasteiger partial charge in [-0.2, -0.15) is 0 Å². The van der Waals surface area contributed by atoms with Crippen LogP contribution < -0.4 is 5.32 Å². The molecule has 2 amide bonds. The molecule has 7 nitrogen and oxygen atoms in total. The molecule has 0 spiro atoms. The van der Waals surface area contributed by atoms with Crippen LogP contribution >= 0.6 is 0 Å². The van der Waals surface area contributed by atoms with E-state index in [1.165, 1.54) is 17.7 Å². The van der Waals surface area contributed by atoms with Crippen LogP contribution in [0.2, 0.25) is 0 Å². The first kappa shape index (κ1) is 16.0. The van der Waals surface area contributed by atoms with E-state index in [1.54, 1.807) is 14.0 Å². The Labute approximate surface area is 124 Å². The van der Waals surface area contributed by atoms with E-state index in [0.717, 1.165) is 6.61 Å². The van der Waals surface area contributed by atoms with Gasteiger partial charge in [-0.25, -0.2) is 4.79 Å². The van der Waals surface area contributed by atoms with Gasteiger partial charge in [0, 0.05) is 20.2 Å². The molecule has 1 aliphatic heterocycles. The van der Waals surface area contributed by atoms with Crippen LogP contribution in [0.15, 0.2) is 0 Å². The molecule has 2 unspecified atom stereocenters. The smallest absolute Gasteiger partial charge is 0.317 e. The second-order valence-electron chi connectivity index (χ2n) is 6.18. The van der Waals surface area contributed by atoms with Crippen molar-refractivity contribution in [3.05, 3.63) is 0 Å². The number of aliphatic carboxylic acids is 1. The molecule has 0 aromatic heterocycles. The van der Waals surface area contributed by atoms with E-state index in [-0.39, 0.29) is 19.2 Å². The van der Waals surface area contributed by atoms with E-state index in [1.807, 2.05) is 0 Å². The molecule has 1 heterocycles. The van der Waals surface area contributed by atoms with Crippen molar-refractivity contribution in [1.82, 2.24) is 10.2 Å². The summed E-state index contributed by atoms with van der Waals surface area (Å²) in [5.41, 5.74) is -1.07. The van der Waals surface area contributed by atoms with Gasteiger partial charge in [-0.1, -0.05) is 0 Å². The van der Waals surface area contributed by atoms with Crippen LogP contribution in [0.1, 0.15) is 19.8 Å². The zero-order chi connectivity index (χ0) is 15.5. The Hall–Kier alpha value is -1.34. The van der Waals surface area contributed by atoms with E-state index in [2.05, 4.69) is 5.32 Å². The number of nitrogens with one attached hydrogen (secondary N) is 1. The normalized spacial score (nSPS) is 28.4. The zero-order valence-electron chi connectivity index (χ0n) is 12.6. The van der Waals surface area contributed by atoms with E-state index >= 15 is 0 Å². The van der Waals surface area contributed by atoms with Crippen LogP contribution in [-0.2, 0) is 14.3 Å². The molecule has 0 bridgehead atoms. The Morgan fingerprint density at radius 1 is 1.48 bits per heavy atom. The van der Waals surface area contributed by atoms with Crippen LogP contribution in [0.25, 0.3) is 0 Å². The van der Waals surface area contributed by atoms with Crippen LogP contribution in [0, 0.1) is 11.3 Å². The predicted molar refractivity (Wildman–Crippen MR) is 75.1 cm³/mol. The van der Waals surface area contributed by atoms with E-state index < -0.39 is 17.4 Å². The van der Waals surface area contributed by atoms with Gasteiger partial charge in [0.25, 0.3) is 0 Å². The quantitative estimate of drug-likeness (QED) is 0.670. The number of carbonyl (C=O) groups is 2. The third-order valence-corrected chi connectivity index (χ3v) is 4.21. The van der Waals surface area contributed by atoms with Gasteiger partial charge in [0.05, 0.1) is 25.9 Å². The van der Waals surface area contributed by atoms with Gasteiger partial charge < -0.3 is 24.8 Å². The molecule has 1 aliphatic carbocycles. The van der Waals surface area contributed by atoms with Crippen molar-refractivity contribution < 1.29 is 24.2 Å². The number of nitrogens with zero attached hydrogens (tertiary/aromatic N) is 1. The maximum atomic E-state index is 12.1. The average molecular weight is 300 g/mol. The summed E-state index contributed by atoms with van der Waals surface area (Å²) in [6.07, 6.45) is 2.48. The van der Waals surface area contributed by atoms with Crippen molar-refractivity contribution in [2.75, 3.05) is 40.0 Å². The molecule has 2 rings (SSSR count). The summed E-state index contributed by atoms with van der Waals surface area (Å²) >= 11 is 0. The maximum absolute atomic E-state index is 12.1. The minimum absolute atomic E-state index is 0.113. The summed E-state index contributed by atoms with van der Waals surface area (Å²) < 4.78 is 10.7. The lowest BCUT2D eigenvalue weighted by atomic mass is 9.85. The molecule has 7 heteroatoms. The van der Waals surface area contributed by atoms with Crippen LogP contribution in [0.3, 0.4) is 0 Å². The second-order valence-corrected chi connectivity index (χ2v) is 6.18. The monoisotopic (exact) mass is 300 g/mol. The number of likely N-dealkylation sites (N-methyl/N-ethyl adjacent to an activating group) is 1. The Kier molecular flexibility index (Phi) is 5.05. The number of rotatable bonds is 7. The van der Waals surface area contributed by atoms with Gasteiger partial charge in [0.15, 0.2) is 0 Å². The number of carboxylic acid groups (broad SMARTS) is 1. The highest BCUT2D eigenvalue weighted by Gasteiger charge is 2.47. The lowest BCUT2D eigenvalue weighted by Gasteiger charge is -2.27. The number of carbonyl (C=O) groups excluding carboxylic acids is 1. The zero-order valence-corrected chi connectivity index (χ0v) is 12.6. The summed E-state index contributed by atoms with van der Waals surface area (Å²) in [6, 6.07) is -0.815. The molecule has 0 radical (unpaired) electrons. The first-order valence-corrected chi connectivity index (χ1v) is 7.34. The fraction of sp³-hybridized carbons (Fsp3) is 0.857.